The first-order chi connectivity index (χ1) is 14.8. The van der Waals surface area contributed by atoms with Gasteiger partial charge >= 0.3 is 5.97 Å². The van der Waals surface area contributed by atoms with Crippen molar-refractivity contribution in [2.24, 2.45) is 5.73 Å². The van der Waals surface area contributed by atoms with Gasteiger partial charge in [0.2, 0.25) is 5.55 Å². The molecule has 2 heterocycles. The van der Waals surface area contributed by atoms with Gasteiger partial charge in [0.05, 0.1) is 23.7 Å². The van der Waals surface area contributed by atoms with Gasteiger partial charge in [-0.15, -0.1) is 11.3 Å². The number of carbonyl (C=O) groups excluding carboxylic acids is 3. The van der Waals surface area contributed by atoms with Gasteiger partial charge in [-0.25, -0.2) is 4.79 Å². The molecule has 0 aliphatic carbocycles. The van der Waals surface area contributed by atoms with Crippen LogP contribution in [0.4, 0.5) is 5.00 Å². The lowest BCUT2D eigenvalue weighted by molar-refractivity contribution is 0.0527. The third kappa shape index (κ3) is 4.29. The maximum atomic E-state index is 12.9. The second-order valence-corrected chi connectivity index (χ2v) is 7.42. The molecule has 0 saturated carbocycles. The first kappa shape index (κ1) is 22.0. The lowest BCUT2D eigenvalue weighted by atomic mass is 10.1. The fraction of sp³-hybridized carbons (Fsp3) is 0.238. The Morgan fingerprint density at radius 2 is 1.97 bits per heavy atom. The number of nitrogens with one attached hydrogen (secondary N) is 2. The van der Waals surface area contributed by atoms with Gasteiger partial charge in [-0.05, 0) is 38.5 Å². The van der Waals surface area contributed by atoms with Gasteiger partial charge in [-0.1, -0.05) is 12.1 Å². The van der Waals surface area contributed by atoms with Crippen molar-refractivity contribution in [1.82, 2.24) is 0 Å². The number of esters is 1. The molecular formula is C21H21N3O6S. The molecule has 31 heavy (non-hydrogen) atoms. The Morgan fingerprint density at radius 1 is 1.23 bits per heavy atom. The Morgan fingerprint density at radius 3 is 2.61 bits per heavy atom. The van der Waals surface area contributed by atoms with Crippen molar-refractivity contribution >= 4 is 45.1 Å². The average Bonchev–Trinajstić information content (AvgIpc) is 3.04. The second-order valence-electron chi connectivity index (χ2n) is 6.40. The van der Waals surface area contributed by atoms with Crippen LogP contribution in [0.1, 0.15) is 49.8 Å². The second kappa shape index (κ2) is 9.00. The van der Waals surface area contributed by atoms with E-state index in [1.54, 1.807) is 32.0 Å². The van der Waals surface area contributed by atoms with E-state index in [4.69, 9.17) is 25.0 Å². The summed E-state index contributed by atoms with van der Waals surface area (Å²) in [6, 6.07) is 6.68. The van der Waals surface area contributed by atoms with E-state index in [1.807, 2.05) is 6.92 Å². The van der Waals surface area contributed by atoms with Crippen LogP contribution in [0.2, 0.25) is 0 Å². The highest BCUT2D eigenvalue weighted by atomic mass is 32.1. The average molecular weight is 443 g/mol. The number of ether oxygens (including phenoxy) is 2. The minimum absolute atomic E-state index is 0.0527. The molecule has 3 rings (SSSR count). The summed E-state index contributed by atoms with van der Waals surface area (Å²) in [6.45, 7) is 5.56. The molecular weight excluding hydrogens is 422 g/mol. The number of carbonyl (C=O) groups is 3. The molecule has 1 aromatic carbocycles. The SMILES string of the molecule is CCOC(=O)c1c(NC(=O)c2cc3cccc(OCC)c3oc2=N)sc(C(N)=O)c1C. The van der Waals surface area contributed by atoms with E-state index < -0.39 is 17.8 Å². The molecule has 3 aromatic rings. The number of thiophene rings is 1. The predicted molar refractivity (Wildman–Crippen MR) is 115 cm³/mol. The van der Waals surface area contributed by atoms with Crippen molar-refractivity contribution in [3.8, 4) is 5.75 Å². The molecule has 0 aliphatic heterocycles. The third-order valence-corrected chi connectivity index (χ3v) is 5.60. The number of rotatable bonds is 7. The van der Waals surface area contributed by atoms with E-state index in [9.17, 15) is 14.4 Å². The van der Waals surface area contributed by atoms with E-state index in [0.29, 0.717) is 28.9 Å². The summed E-state index contributed by atoms with van der Waals surface area (Å²) in [7, 11) is 0. The zero-order chi connectivity index (χ0) is 22.7. The molecule has 2 amide bonds. The van der Waals surface area contributed by atoms with Crippen LogP contribution in [-0.4, -0.2) is 31.0 Å². The van der Waals surface area contributed by atoms with Gasteiger partial charge in [0, 0.05) is 5.39 Å². The van der Waals surface area contributed by atoms with Gasteiger partial charge in [0.1, 0.15) is 10.6 Å². The molecule has 0 saturated heterocycles. The maximum Gasteiger partial charge on any atom is 0.341 e. The number of hydrogen-bond acceptors (Lipinski definition) is 8. The zero-order valence-corrected chi connectivity index (χ0v) is 18.0. The van der Waals surface area contributed by atoms with Crippen molar-refractivity contribution in [2.45, 2.75) is 20.8 Å². The highest BCUT2D eigenvalue weighted by Crippen LogP contribution is 2.34. The van der Waals surface area contributed by atoms with E-state index in [-0.39, 0.29) is 33.2 Å². The standard InChI is InChI=1S/C21H21N3O6S/c1-4-28-13-8-6-7-11-9-12(18(23)30-15(11)13)19(26)24-20-14(21(27)29-5-2)10(3)16(31-20)17(22)25/h6-9,23H,4-5H2,1-3H3,(H2,22,25)(H,24,26). The fourth-order valence-electron chi connectivity index (χ4n) is 3.03. The van der Waals surface area contributed by atoms with Crippen LogP contribution in [0.15, 0.2) is 28.7 Å². The van der Waals surface area contributed by atoms with Crippen LogP contribution in [0.5, 0.6) is 5.75 Å². The number of fused-ring (bicyclic) bond motifs is 1. The summed E-state index contributed by atoms with van der Waals surface area (Å²) in [5.74, 6) is -1.63. The Balaban J connectivity index is 2.03. The molecule has 0 aliphatic rings. The van der Waals surface area contributed by atoms with Crippen LogP contribution >= 0.6 is 11.3 Å². The number of amides is 2. The predicted octanol–water partition coefficient (Wildman–Crippen LogP) is 3.21. The van der Waals surface area contributed by atoms with Crippen molar-refractivity contribution in [2.75, 3.05) is 18.5 Å². The highest BCUT2D eigenvalue weighted by Gasteiger charge is 2.26. The zero-order valence-electron chi connectivity index (χ0n) is 17.2. The molecule has 4 N–H and O–H groups in total. The first-order valence-corrected chi connectivity index (χ1v) is 10.3. The molecule has 9 nitrogen and oxygen atoms in total. The number of primary amides is 1. The summed E-state index contributed by atoms with van der Waals surface area (Å²) in [5.41, 5.74) is 5.68. The number of nitrogens with two attached hydrogens (primary N) is 1. The number of hydrogen-bond donors (Lipinski definition) is 3. The maximum absolute atomic E-state index is 12.9. The van der Waals surface area contributed by atoms with Crippen molar-refractivity contribution in [3.05, 3.63) is 51.4 Å². The van der Waals surface area contributed by atoms with Gasteiger partial charge in [0.15, 0.2) is 11.3 Å². The highest BCUT2D eigenvalue weighted by molar-refractivity contribution is 7.18. The minimum atomic E-state index is -0.723. The van der Waals surface area contributed by atoms with Crippen LogP contribution in [0, 0.1) is 12.3 Å². The lowest BCUT2D eigenvalue weighted by Gasteiger charge is -2.09. The Labute approximate surface area is 181 Å². The molecule has 2 aromatic heterocycles. The molecule has 10 heteroatoms. The molecule has 162 valence electrons. The van der Waals surface area contributed by atoms with Gasteiger partial charge in [-0.3, -0.25) is 15.0 Å². The molecule has 0 bridgehead atoms. The molecule has 0 unspecified atom stereocenters. The largest absolute Gasteiger partial charge is 0.490 e. The topological polar surface area (TPSA) is 145 Å². The molecule has 0 atom stereocenters. The number of benzene rings is 1. The summed E-state index contributed by atoms with van der Waals surface area (Å²) in [5, 5.41) is 11.4. The van der Waals surface area contributed by atoms with Crippen LogP contribution in [0.3, 0.4) is 0 Å². The third-order valence-electron chi connectivity index (χ3n) is 4.38. The molecule has 0 spiro atoms. The van der Waals surface area contributed by atoms with E-state index >= 15 is 0 Å². The van der Waals surface area contributed by atoms with Crippen molar-refractivity contribution in [3.63, 3.8) is 0 Å². The first-order valence-electron chi connectivity index (χ1n) is 9.44. The number of para-hydroxylation sites is 1. The van der Waals surface area contributed by atoms with Crippen LogP contribution < -0.4 is 21.3 Å². The lowest BCUT2D eigenvalue weighted by Crippen LogP contribution is -2.21. The summed E-state index contributed by atoms with van der Waals surface area (Å²) in [4.78, 5) is 37.2. The molecule has 0 fully saturated rings. The molecule has 0 radical (unpaired) electrons. The van der Waals surface area contributed by atoms with Crippen molar-refractivity contribution < 1.29 is 28.3 Å². The van der Waals surface area contributed by atoms with Gasteiger partial charge in [-0.2, -0.15) is 0 Å². The monoisotopic (exact) mass is 443 g/mol. The Kier molecular flexibility index (Phi) is 6.40. The summed E-state index contributed by atoms with van der Waals surface area (Å²) in [6.07, 6.45) is 0. The van der Waals surface area contributed by atoms with E-state index in [0.717, 1.165) is 11.3 Å². The van der Waals surface area contributed by atoms with Crippen LogP contribution in [0.25, 0.3) is 11.0 Å². The normalized spacial score (nSPS) is 10.7. The quantitative estimate of drug-likeness (QED) is 0.478. The Bertz CT molecular complexity index is 1240. The Hall–Kier alpha value is -3.66. The number of anilines is 1. The summed E-state index contributed by atoms with van der Waals surface area (Å²) >= 11 is 0.871. The van der Waals surface area contributed by atoms with Crippen molar-refractivity contribution in [1.29, 1.82) is 5.41 Å². The smallest absolute Gasteiger partial charge is 0.341 e. The van der Waals surface area contributed by atoms with Crippen LogP contribution in [-0.2, 0) is 4.74 Å². The van der Waals surface area contributed by atoms with Gasteiger partial charge < -0.3 is 24.9 Å². The van der Waals surface area contributed by atoms with Gasteiger partial charge in [0.25, 0.3) is 11.8 Å². The van der Waals surface area contributed by atoms with E-state index in [2.05, 4.69) is 5.32 Å². The fourth-order valence-corrected chi connectivity index (χ4v) is 4.07. The minimum Gasteiger partial charge on any atom is -0.490 e. The van der Waals surface area contributed by atoms with E-state index in [1.165, 1.54) is 6.07 Å². The summed E-state index contributed by atoms with van der Waals surface area (Å²) < 4.78 is 16.1.